The van der Waals surface area contributed by atoms with Crippen LogP contribution in [0.2, 0.25) is 0 Å². The Morgan fingerprint density at radius 2 is 2.00 bits per heavy atom. The summed E-state index contributed by atoms with van der Waals surface area (Å²) in [6.45, 7) is 6.50. The van der Waals surface area contributed by atoms with E-state index in [9.17, 15) is 9.90 Å². The standard InChI is InChI=1S/C21H23N3O2/c1-21(2,3)18-10-13-8-15(6-7-17(13)24-18)23-19-16(20(25)26)9-14(11-22-19)12-4-5-12/h6-12,24H,4-5H2,1-3H3,(H,22,23)(H,25,26). The highest BCUT2D eigenvalue weighted by molar-refractivity contribution is 5.95. The number of carbonyl (C=O) groups is 1. The van der Waals surface area contributed by atoms with Gasteiger partial charge in [0.15, 0.2) is 0 Å². The molecule has 1 aromatic carbocycles. The fourth-order valence-corrected chi connectivity index (χ4v) is 3.13. The highest BCUT2D eigenvalue weighted by Crippen LogP contribution is 2.40. The fourth-order valence-electron chi connectivity index (χ4n) is 3.13. The zero-order valence-corrected chi connectivity index (χ0v) is 15.3. The summed E-state index contributed by atoms with van der Waals surface area (Å²) in [5.41, 5.74) is 4.34. The number of rotatable bonds is 4. The van der Waals surface area contributed by atoms with Crippen molar-refractivity contribution in [1.29, 1.82) is 0 Å². The molecule has 0 saturated heterocycles. The molecular weight excluding hydrogens is 326 g/mol. The topological polar surface area (TPSA) is 78.0 Å². The number of anilines is 2. The Kier molecular flexibility index (Phi) is 3.75. The summed E-state index contributed by atoms with van der Waals surface area (Å²) >= 11 is 0. The number of hydrogen-bond acceptors (Lipinski definition) is 3. The van der Waals surface area contributed by atoms with E-state index in [2.05, 4.69) is 42.1 Å². The third kappa shape index (κ3) is 3.17. The van der Waals surface area contributed by atoms with Gasteiger partial charge in [-0.25, -0.2) is 9.78 Å². The molecule has 1 aliphatic carbocycles. The second kappa shape index (κ2) is 5.87. The number of nitrogens with zero attached hydrogens (tertiary/aromatic N) is 1. The van der Waals surface area contributed by atoms with Crippen LogP contribution in [0.1, 0.15) is 61.1 Å². The number of carboxylic acid groups (broad SMARTS) is 1. The first-order valence-electron chi connectivity index (χ1n) is 8.95. The monoisotopic (exact) mass is 349 g/mol. The molecule has 3 aromatic rings. The number of pyridine rings is 1. The van der Waals surface area contributed by atoms with Gasteiger partial charge in [-0.3, -0.25) is 0 Å². The summed E-state index contributed by atoms with van der Waals surface area (Å²) in [6, 6.07) is 9.85. The molecule has 4 rings (SSSR count). The quantitative estimate of drug-likeness (QED) is 0.606. The molecule has 1 aliphatic rings. The lowest BCUT2D eigenvalue weighted by atomic mass is 9.92. The number of aromatic nitrogens is 2. The van der Waals surface area contributed by atoms with Gasteiger partial charge < -0.3 is 15.4 Å². The smallest absolute Gasteiger partial charge is 0.339 e. The predicted molar refractivity (Wildman–Crippen MR) is 103 cm³/mol. The SMILES string of the molecule is CC(C)(C)c1cc2cc(Nc3ncc(C4CC4)cc3C(=O)O)ccc2[nH]1. The first-order valence-corrected chi connectivity index (χ1v) is 8.95. The van der Waals surface area contributed by atoms with Crippen molar-refractivity contribution in [3.8, 4) is 0 Å². The van der Waals surface area contributed by atoms with Crippen molar-refractivity contribution in [2.75, 3.05) is 5.32 Å². The van der Waals surface area contributed by atoms with Crippen molar-refractivity contribution in [3.63, 3.8) is 0 Å². The lowest BCUT2D eigenvalue weighted by molar-refractivity contribution is 0.0697. The Hall–Kier alpha value is -2.82. The number of aromatic carboxylic acids is 1. The van der Waals surface area contributed by atoms with Gasteiger partial charge in [-0.05, 0) is 54.7 Å². The Morgan fingerprint density at radius 3 is 2.65 bits per heavy atom. The molecule has 1 saturated carbocycles. The first-order chi connectivity index (χ1) is 12.3. The third-order valence-electron chi connectivity index (χ3n) is 4.88. The van der Waals surface area contributed by atoms with Gasteiger partial charge in [-0.15, -0.1) is 0 Å². The number of aromatic amines is 1. The maximum Gasteiger partial charge on any atom is 0.339 e. The maximum absolute atomic E-state index is 11.6. The summed E-state index contributed by atoms with van der Waals surface area (Å²) in [7, 11) is 0. The Bertz CT molecular complexity index is 994. The van der Waals surface area contributed by atoms with E-state index in [1.54, 1.807) is 12.3 Å². The largest absolute Gasteiger partial charge is 0.478 e. The molecular formula is C21H23N3O2. The van der Waals surface area contributed by atoms with Crippen LogP contribution in [0.3, 0.4) is 0 Å². The zero-order chi connectivity index (χ0) is 18.5. The molecule has 0 radical (unpaired) electrons. The van der Waals surface area contributed by atoms with Gasteiger partial charge in [0.2, 0.25) is 0 Å². The van der Waals surface area contributed by atoms with E-state index in [-0.39, 0.29) is 11.0 Å². The highest BCUT2D eigenvalue weighted by atomic mass is 16.4. The Morgan fingerprint density at radius 1 is 1.23 bits per heavy atom. The highest BCUT2D eigenvalue weighted by Gasteiger charge is 2.26. The van der Waals surface area contributed by atoms with Crippen LogP contribution >= 0.6 is 0 Å². The second-order valence-electron chi connectivity index (χ2n) is 8.10. The molecule has 0 atom stereocenters. The van der Waals surface area contributed by atoms with E-state index in [0.29, 0.717) is 11.7 Å². The van der Waals surface area contributed by atoms with E-state index in [1.165, 1.54) is 5.69 Å². The van der Waals surface area contributed by atoms with Crippen LogP contribution in [0, 0.1) is 0 Å². The molecule has 0 amide bonds. The zero-order valence-electron chi connectivity index (χ0n) is 15.3. The Balaban J connectivity index is 1.67. The van der Waals surface area contributed by atoms with Gasteiger partial charge in [-0.1, -0.05) is 20.8 Å². The number of H-pyrrole nitrogens is 1. The van der Waals surface area contributed by atoms with E-state index >= 15 is 0 Å². The first kappa shape index (κ1) is 16.6. The molecule has 26 heavy (non-hydrogen) atoms. The molecule has 0 bridgehead atoms. The molecule has 0 unspecified atom stereocenters. The normalized spacial score (nSPS) is 14.6. The van der Waals surface area contributed by atoms with Crippen LogP contribution in [0.5, 0.6) is 0 Å². The van der Waals surface area contributed by atoms with Crippen molar-refractivity contribution in [1.82, 2.24) is 9.97 Å². The number of fused-ring (bicyclic) bond motifs is 1. The van der Waals surface area contributed by atoms with Gasteiger partial charge >= 0.3 is 5.97 Å². The minimum Gasteiger partial charge on any atom is -0.478 e. The number of benzene rings is 1. The molecule has 0 aliphatic heterocycles. The van der Waals surface area contributed by atoms with Gasteiger partial charge in [0.1, 0.15) is 11.4 Å². The minimum absolute atomic E-state index is 0.0449. The van der Waals surface area contributed by atoms with Gasteiger partial charge in [-0.2, -0.15) is 0 Å². The lowest BCUT2D eigenvalue weighted by Crippen LogP contribution is -2.10. The van der Waals surface area contributed by atoms with Crippen molar-refractivity contribution in [2.24, 2.45) is 0 Å². The number of carboxylic acids is 1. The van der Waals surface area contributed by atoms with Gasteiger partial charge in [0.25, 0.3) is 0 Å². The molecule has 5 nitrogen and oxygen atoms in total. The Labute approximate surface area is 152 Å². The molecule has 3 N–H and O–H groups in total. The molecule has 0 spiro atoms. The lowest BCUT2D eigenvalue weighted by Gasteiger charge is -2.15. The van der Waals surface area contributed by atoms with Crippen LogP contribution in [0.4, 0.5) is 11.5 Å². The van der Waals surface area contributed by atoms with E-state index < -0.39 is 5.97 Å². The summed E-state index contributed by atoms with van der Waals surface area (Å²) in [5, 5.41) is 13.8. The van der Waals surface area contributed by atoms with E-state index in [4.69, 9.17) is 0 Å². The van der Waals surface area contributed by atoms with Crippen LogP contribution < -0.4 is 5.32 Å². The summed E-state index contributed by atoms with van der Waals surface area (Å²) in [4.78, 5) is 19.5. The minimum atomic E-state index is -0.958. The van der Waals surface area contributed by atoms with Crippen molar-refractivity contribution < 1.29 is 9.90 Å². The van der Waals surface area contributed by atoms with Gasteiger partial charge in [0.05, 0.1) is 0 Å². The van der Waals surface area contributed by atoms with Crippen LogP contribution in [0.15, 0.2) is 36.5 Å². The van der Waals surface area contributed by atoms with E-state index in [1.807, 2.05) is 18.2 Å². The van der Waals surface area contributed by atoms with Crippen molar-refractivity contribution in [3.05, 3.63) is 53.3 Å². The van der Waals surface area contributed by atoms with Crippen molar-refractivity contribution >= 4 is 28.4 Å². The molecule has 5 heteroatoms. The second-order valence-corrected chi connectivity index (χ2v) is 8.10. The van der Waals surface area contributed by atoms with E-state index in [0.717, 1.165) is 35.0 Å². The number of nitrogens with one attached hydrogen (secondary N) is 2. The molecule has 134 valence electrons. The predicted octanol–water partition coefficient (Wildman–Crippen LogP) is 5.18. The molecule has 2 heterocycles. The van der Waals surface area contributed by atoms with Gasteiger partial charge in [0, 0.05) is 33.9 Å². The summed E-state index contributed by atoms with van der Waals surface area (Å²) in [6.07, 6.45) is 4.03. The average Bonchev–Trinajstić information content (AvgIpc) is 3.32. The third-order valence-corrected chi connectivity index (χ3v) is 4.88. The average molecular weight is 349 g/mol. The van der Waals surface area contributed by atoms with Crippen LogP contribution in [0.25, 0.3) is 10.9 Å². The molecule has 2 aromatic heterocycles. The summed E-state index contributed by atoms with van der Waals surface area (Å²) in [5.74, 6) is -0.102. The molecule has 1 fully saturated rings. The van der Waals surface area contributed by atoms with Crippen LogP contribution in [-0.2, 0) is 5.41 Å². The van der Waals surface area contributed by atoms with Crippen LogP contribution in [-0.4, -0.2) is 21.0 Å². The number of hydrogen-bond donors (Lipinski definition) is 3. The summed E-state index contributed by atoms with van der Waals surface area (Å²) < 4.78 is 0. The maximum atomic E-state index is 11.6. The fraction of sp³-hybridized carbons (Fsp3) is 0.333. The van der Waals surface area contributed by atoms with Crippen molar-refractivity contribution in [2.45, 2.75) is 44.9 Å².